The van der Waals surface area contributed by atoms with Crippen molar-refractivity contribution in [3.63, 3.8) is 0 Å². The number of piperazine rings is 1. The third-order valence-corrected chi connectivity index (χ3v) is 3.68. The van der Waals surface area contributed by atoms with E-state index in [0.717, 1.165) is 32.7 Å². The maximum Gasteiger partial charge on any atom is 0.0574 e. The second-order valence-electron chi connectivity index (χ2n) is 5.11. The van der Waals surface area contributed by atoms with Gasteiger partial charge in [-0.25, -0.2) is 0 Å². The zero-order chi connectivity index (χ0) is 13.5. The van der Waals surface area contributed by atoms with Crippen molar-refractivity contribution in [2.45, 2.75) is 6.04 Å². The van der Waals surface area contributed by atoms with Gasteiger partial charge >= 0.3 is 0 Å². The first-order valence-electron chi connectivity index (χ1n) is 6.93. The molecule has 1 saturated heterocycles. The van der Waals surface area contributed by atoms with Crippen molar-refractivity contribution in [2.75, 3.05) is 46.3 Å². The van der Waals surface area contributed by atoms with Gasteiger partial charge in [0, 0.05) is 38.8 Å². The van der Waals surface area contributed by atoms with E-state index < -0.39 is 0 Å². The van der Waals surface area contributed by atoms with E-state index in [1.807, 2.05) is 0 Å². The molecule has 1 aromatic carbocycles. The van der Waals surface area contributed by atoms with Gasteiger partial charge in [0.15, 0.2) is 0 Å². The number of terminal acetylenes is 1. The lowest BCUT2D eigenvalue weighted by molar-refractivity contribution is 0.0910. The van der Waals surface area contributed by atoms with Crippen LogP contribution in [0.4, 0.5) is 0 Å². The van der Waals surface area contributed by atoms with Gasteiger partial charge in [-0.05, 0) is 12.6 Å². The van der Waals surface area contributed by atoms with Crippen LogP contribution in [0.5, 0.6) is 0 Å². The lowest BCUT2D eigenvalue weighted by Gasteiger charge is -2.40. The molecule has 1 aliphatic rings. The zero-order valence-corrected chi connectivity index (χ0v) is 11.7. The molecule has 0 saturated carbocycles. The highest BCUT2D eigenvalue weighted by Crippen LogP contribution is 2.24. The Morgan fingerprint density at radius 1 is 1.32 bits per heavy atom. The summed E-state index contributed by atoms with van der Waals surface area (Å²) < 4.78 is 0. The van der Waals surface area contributed by atoms with Gasteiger partial charge in [-0.3, -0.25) is 4.90 Å². The van der Waals surface area contributed by atoms with Gasteiger partial charge in [0.2, 0.25) is 0 Å². The van der Waals surface area contributed by atoms with Crippen molar-refractivity contribution in [3.8, 4) is 12.3 Å². The number of nitrogens with one attached hydrogen (secondary N) is 1. The third kappa shape index (κ3) is 4.07. The maximum absolute atomic E-state index is 5.25. The number of hydrogen-bond acceptors (Lipinski definition) is 3. The number of rotatable bonds is 5. The van der Waals surface area contributed by atoms with Crippen LogP contribution in [0.2, 0.25) is 0 Å². The van der Waals surface area contributed by atoms with Gasteiger partial charge in [-0.15, -0.1) is 6.42 Å². The Morgan fingerprint density at radius 2 is 2.11 bits per heavy atom. The number of hydrogen-bond donors (Lipinski definition) is 1. The van der Waals surface area contributed by atoms with Crippen molar-refractivity contribution in [1.29, 1.82) is 0 Å². The Hall–Kier alpha value is -1.34. The largest absolute Gasteiger partial charge is 0.305 e. The normalized spacial score (nSPS) is 21.2. The molecule has 0 bridgehead atoms. The quantitative estimate of drug-likeness (QED) is 0.631. The van der Waals surface area contributed by atoms with Crippen LogP contribution < -0.4 is 5.32 Å². The predicted molar refractivity (Wildman–Crippen MR) is 80.0 cm³/mol. The minimum absolute atomic E-state index is 0.493. The minimum atomic E-state index is 0.493. The molecule has 19 heavy (non-hydrogen) atoms. The molecule has 2 rings (SSSR count). The van der Waals surface area contributed by atoms with Crippen LogP contribution in [0.1, 0.15) is 11.6 Å². The Morgan fingerprint density at radius 3 is 2.84 bits per heavy atom. The van der Waals surface area contributed by atoms with Gasteiger partial charge in [-0.1, -0.05) is 36.3 Å². The lowest BCUT2D eigenvalue weighted by Crippen LogP contribution is -2.48. The molecule has 102 valence electrons. The van der Waals surface area contributed by atoms with Gasteiger partial charge in [0.25, 0.3) is 0 Å². The Kier molecular flexibility index (Phi) is 5.41. The molecule has 0 amide bonds. The molecule has 1 N–H and O–H groups in total. The van der Waals surface area contributed by atoms with Gasteiger partial charge in [-0.2, -0.15) is 0 Å². The van der Waals surface area contributed by atoms with Gasteiger partial charge in [0.05, 0.1) is 6.54 Å². The highest BCUT2D eigenvalue weighted by Gasteiger charge is 2.25. The topological polar surface area (TPSA) is 18.5 Å². The summed E-state index contributed by atoms with van der Waals surface area (Å²) in [6, 6.07) is 11.3. The molecule has 1 aliphatic heterocycles. The molecule has 3 heteroatoms. The fourth-order valence-corrected chi connectivity index (χ4v) is 2.60. The van der Waals surface area contributed by atoms with Crippen molar-refractivity contribution >= 4 is 0 Å². The maximum atomic E-state index is 5.25. The van der Waals surface area contributed by atoms with Crippen LogP contribution in [0.25, 0.3) is 0 Å². The summed E-state index contributed by atoms with van der Waals surface area (Å²) in [4.78, 5) is 4.96. The Balaban J connectivity index is 1.97. The van der Waals surface area contributed by atoms with Crippen LogP contribution in [0.3, 0.4) is 0 Å². The van der Waals surface area contributed by atoms with E-state index in [2.05, 4.69) is 58.4 Å². The first kappa shape index (κ1) is 14.1. The molecule has 0 spiro atoms. The summed E-state index contributed by atoms with van der Waals surface area (Å²) in [5.41, 5.74) is 1.41. The average Bonchev–Trinajstić information content (AvgIpc) is 2.46. The monoisotopic (exact) mass is 257 g/mol. The Bertz CT molecular complexity index is 410. The molecule has 1 atom stereocenters. The molecule has 1 heterocycles. The van der Waals surface area contributed by atoms with E-state index in [1.165, 1.54) is 5.56 Å². The molecule has 0 aromatic heterocycles. The lowest BCUT2D eigenvalue weighted by atomic mass is 10.0. The Labute approximate surface area is 116 Å². The van der Waals surface area contributed by atoms with Gasteiger partial charge < -0.3 is 10.2 Å². The SMILES string of the molecule is C#CCNCCN1CCN(C)CC1c1ccccc1. The van der Waals surface area contributed by atoms with E-state index in [0.29, 0.717) is 12.6 Å². The number of likely N-dealkylation sites (N-methyl/N-ethyl adjacent to an activating group) is 1. The summed E-state index contributed by atoms with van der Waals surface area (Å²) in [7, 11) is 2.20. The summed E-state index contributed by atoms with van der Waals surface area (Å²) in [6.07, 6.45) is 5.25. The van der Waals surface area contributed by atoms with Crippen molar-refractivity contribution in [1.82, 2.24) is 15.1 Å². The van der Waals surface area contributed by atoms with Crippen LogP contribution in [-0.4, -0.2) is 56.1 Å². The van der Waals surface area contributed by atoms with Crippen molar-refractivity contribution in [2.24, 2.45) is 0 Å². The zero-order valence-electron chi connectivity index (χ0n) is 11.7. The molecule has 0 radical (unpaired) electrons. The van der Waals surface area contributed by atoms with Crippen LogP contribution in [0, 0.1) is 12.3 Å². The molecule has 1 fully saturated rings. The summed E-state index contributed by atoms with van der Waals surface area (Å²) in [6.45, 7) is 6.02. The highest BCUT2D eigenvalue weighted by molar-refractivity contribution is 5.20. The summed E-state index contributed by atoms with van der Waals surface area (Å²) >= 11 is 0. The smallest absolute Gasteiger partial charge is 0.0574 e. The second kappa shape index (κ2) is 7.30. The fourth-order valence-electron chi connectivity index (χ4n) is 2.60. The molecule has 1 aromatic rings. The molecule has 3 nitrogen and oxygen atoms in total. The molecular weight excluding hydrogens is 234 g/mol. The minimum Gasteiger partial charge on any atom is -0.305 e. The van der Waals surface area contributed by atoms with E-state index in [4.69, 9.17) is 6.42 Å². The summed E-state index contributed by atoms with van der Waals surface area (Å²) in [5, 5.41) is 3.27. The third-order valence-electron chi connectivity index (χ3n) is 3.68. The standard InChI is InChI=1S/C16H23N3/c1-3-9-17-10-11-19-13-12-18(2)14-16(19)15-7-5-4-6-8-15/h1,4-8,16-17H,9-14H2,2H3. The first-order valence-corrected chi connectivity index (χ1v) is 6.93. The highest BCUT2D eigenvalue weighted by atomic mass is 15.3. The van der Waals surface area contributed by atoms with Crippen LogP contribution >= 0.6 is 0 Å². The van der Waals surface area contributed by atoms with Crippen molar-refractivity contribution in [3.05, 3.63) is 35.9 Å². The van der Waals surface area contributed by atoms with E-state index in [-0.39, 0.29) is 0 Å². The molecule has 1 unspecified atom stereocenters. The van der Waals surface area contributed by atoms with Gasteiger partial charge in [0.1, 0.15) is 0 Å². The van der Waals surface area contributed by atoms with Crippen LogP contribution in [0.15, 0.2) is 30.3 Å². The fraction of sp³-hybridized carbons (Fsp3) is 0.500. The second-order valence-corrected chi connectivity index (χ2v) is 5.11. The van der Waals surface area contributed by atoms with E-state index in [1.54, 1.807) is 0 Å². The molecule has 0 aliphatic carbocycles. The van der Waals surface area contributed by atoms with Crippen LogP contribution in [-0.2, 0) is 0 Å². The number of nitrogens with zero attached hydrogens (tertiary/aromatic N) is 2. The molecular formula is C16H23N3. The summed E-state index contributed by atoms with van der Waals surface area (Å²) in [5.74, 6) is 2.62. The number of benzene rings is 1. The van der Waals surface area contributed by atoms with E-state index in [9.17, 15) is 0 Å². The van der Waals surface area contributed by atoms with E-state index >= 15 is 0 Å². The predicted octanol–water partition coefficient (Wildman–Crippen LogP) is 1.20. The average molecular weight is 257 g/mol. The van der Waals surface area contributed by atoms with Crippen molar-refractivity contribution < 1.29 is 0 Å². The first-order chi connectivity index (χ1) is 9.31.